The summed E-state index contributed by atoms with van der Waals surface area (Å²) in [4.78, 5) is 50.0. The first-order valence-electron chi connectivity index (χ1n) is 19.3. The third-order valence-electron chi connectivity index (χ3n) is 10.5. The number of aliphatic hydroxyl groups is 3. The Labute approximate surface area is 361 Å². The van der Waals surface area contributed by atoms with Crippen LogP contribution in [-0.2, 0) is 19.6 Å². The molecule has 0 unspecified atom stereocenters. The van der Waals surface area contributed by atoms with E-state index >= 15 is 0 Å². The predicted molar refractivity (Wildman–Crippen MR) is 221 cm³/mol. The van der Waals surface area contributed by atoms with Crippen molar-refractivity contribution in [3.8, 4) is 11.5 Å². The quantitative estimate of drug-likeness (QED) is 0.0840. The number of phenolic OH excluding ortho intramolecular Hbond substituents is 2. The van der Waals surface area contributed by atoms with Crippen molar-refractivity contribution in [3.63, 3.8) is 0 Å². The maximum absolute atomic E-state index is 12.9. The predicted octanol–water partition coefficient (Wildman–Crippen LogP) is 1.31. The molecular weight excluding hydrogens is 874 g/mol. The van der Waals surface area contributed by atoms with Crippen LogP contribution in [0.5, 0.6) is 11.5 Å². The number of aliphatic hydroxyl groups excluding tert-OH is 3. The number of urea groups is 1. The van der Waals surface area contributed by atoms with E-state index in [1.165, 1.54) is 30.6 Å². The van der Waals surface area contributed by atoms with Gasteiger partial charge in [-0.05, 0) is 72.5 Å². The largest absolute Gasteiger partial charge is 0.508 e. The molecule has 7 rings (SSSR count). The maximum atomic E-state index is 12.9. The van der Waals surface area contributed by atoms with Crippen LogP contribution in [0.4, 0.5) is 35.4 Å². The van der Waals surface area contributed by atoms with Crippen LogP contribution < -0.4 is 31.3 Å². The fourth-order valence-corrected chi connectivity index (χ4v) is 7.79. The molecule has 5 aromatic rings. The van der Waals surface area contributed by atoms with E-state index in [0.29, 0.717) is 48.1 Å². The second kappa shape index (κ2) is 19.3. The summed E-state index contributed by atoms with van der Waals surface area (Å²) in [6.07, 6.45) is -5.60. The molecule has 3 amide bonds. The smallest absolute Gasteiger partial charge is 0.490 e. The van der Waals surface area contributed by atoms with Gasteiger partial charge in [-0.1, -0.05) is 24.3 Å². The van der Waals surface area contributed by atoms with Crippen LogP contribution in [0.1, 0.15) is 35.9 Å². The van der Waals surface area contributed by atoms with Crippen molar-refractivity contribution >= 4 is 56.5 Å². The first-order valence-corrected chi connectivity index (χ1v) is 20.8. The number of amides is 3. The molecule has 342 valence electrons. The van der Waals surface area contributed by atoms with Gasteiger partial charge >= 0.3 is 18.2 Å². The summed E-state index contributed by atoms with van der Waals surface area (Å²) in [7, 11) is -3.89. The molecule has 5 atom stereocenters. The van der Waals surface area contributed by atoms with E-state index in [-0.39, 0.29) is 41.3 Å². The number of aromatic hydroxyl groups is 2. The number of imidazole rings is 1. The van der Waals surface area contributed by atoms with Gasteiger partial charge in [-0.15, -0.1) is 0 Å². The number of hydrogen-bond acceptors (Lipinski definition) is 15. The lowest BCUT2D eigenvalue weighted by Crippen LogP contribution is -2.44. The minimum absolute atomic E-state index is 0.0878. The molecule has 25 heteroatoms. The molecule has 2 fully saturated rings. The fraction of sp³-hybridized carbons (Fsp3) is 0.333. The van der Waals surface area contributed by atoms with Crippen LogP contribution in [0.25, 0.3) is 11.2 Å². The summed E-state index contributed by atoms with van der Waals surface area (Å²) < 4.78 is 56.6. The van der Waals surface area contributed by atoms with Gasteiger partial charge in [0.2, 0.25) is 21.9 Å². The number of carbonyl (C=O) groups excluding carboxylic acids is 2. The van der Waals surface area contributed by atoms with Gasteiger partial charge in [0.15, 0.2) is 17.0 Å². The number of rotatable bonds is 12. The second-order valence-electron chi connectivity index (χ2n) is 14.8. The van der Waals surface area contributed by atoms with E-state index in [1.54, 1.807) is 53.1 Å². The Morgan fingerprint density at radius 2 is 1.48 bits per heavy atom. The monoisotopic (exact) mass is 916 g/mol. The van der Waals surface area contributed by atoms with Crippen LogP contribution >= 0.6 is 0 Å². The number of primary sulfonamides is 1. The highest BCUT2D eigenvalue weighted by atomic mass is 32.2. The normalized spacial score (nSPS) is 19.8. The van der Waals surface area contributed by atoms with Gasteiger partial charge in [0, 0.05) is 37.3 Å². The van der Waals surface area contributed by atoms with Crippen molar-refractivity contribution in [1.29, 1.82) is 0 Å². The highest BCUT2D eigenvalue weighted by Crippen LogP contribution is 2.36. The van der Waals surface area contributed by atoms with E-state index in [1.807, 2.05) is 4.90 Å². The SMILES string of the molecule is NS(=O)(=O)c1ccc(NC(=O)N[C@@H]2CCN(c3nc(NCC(c4ccc(O)cc4)c4ccc(O)cc4)c4ncn([C@@H]5C[C@H](NC(=O)CO)[C@@H](O)[C@H]5O)c4n3)C2)cc1.O=C(O)C(F)(F)F. The lowest BCUT2D eigenvalue weighted by molar-refractivity contribution is -0.192. The molecule has 64 heavy (non-hydrogen) atoms. The number of nitrogens with one attached hydrogen (secondary N) is 4. The number of aromatic nitrogens is 4. The van der Waals surface area contributed by atoms with Gasteiger partial charge in [-0.3, -0.25) is 4.79 Å². The maximum Gasteiger partial charge on any atom is 0.490 e. The van der Waals surface area contributed by atoms with E-state index in [9.17, 15) is 56.7 Å². The summed E-state index contributed by atoms with van der Waals surface area (Å²) in [5.41, 5.74) is 2.79. The standard InChI is InChI=1S/C37H42N10O9S.C2HF3O2/c38-57(55,56)26-11-5-22(6-12-26)41-37(54)42-23-13-14-46(17-23)36-44-34(39-16-27(20-1-7-24(49)8-2-20)21-3-9-25(50)10-4-21)31-35(45-36)47(19-40-31)29-15-28(32(52)33(29)53)43-30(51)18-48;3-2(4,5)1(6)7/h1-12,19,23,27-29,32-33,48-50,52-53H,13-18H2,(H,43,51)(H2,38,55,56)(H,39,44,45)(H2,41,42,54);(H,6,7)/t23-,28+,29-,32-,33+;/m1./s1. The molecule has 1 aliphatic carbocycles. The van der Waals surface area contributed by atoms with E-state index < -0.39 is 65.0 Å². The van der Waals surface area contributed by atoms with Crippen LogP contribution in [0.15, 0.2) is 84.0 Å². The molecule has 21 nitrogen and oxygen atoms in total. The Morgan fingerprint density at radius 1 is 0.891 bits per heavy atom. The molecular formula is C39H43F3N10O11S. The van der Waals surface area contributed by atoms with Crippen LogP contribution in [0, 0.1) is 0 Å². The van der Waals surface area contributed by atoms with E-state index in [2.05, 4.69) is 26.3 Å². The summed E-state index contributed by atoms with van der Waals surface area (Å²) in [5.74, 6) is -2.87. The minimum atomic E-state index is -5.08. The molecule has 0 radical (unpaired) electrons. The second-order valence-corrected chi connectivity index (χ2v) is 16.4. The molecule has 1 saturated heterocycles. The highest BCUT2D eigenvalue weighted by Gasteiger charge is 2.44. The third-order valence-corrected chi connectivity index (χ3v) is 11.4. The molecule has 1 aliphatic heterocycles. The number of nitrogens with zero attached hydrogens (tertiary/aromatic N) is 5. The molecule has 0 spiro atoms. The zero-order valence-corrected chi connectivity index (χ0v) is 34.1. The number of nitrogens with two attached hydrogens (primary N) is 1. The number of halogens is 3. The number of sulfonamides is 1. The number of carboxylic acids is 1. The first-order chi connectivity index (χ1) is 30.2. The van der Waals surface area contributed by atoms with Gasteiger partial charge in [0.1, 0.15) is 30.3 Å². The Hall–Kier alpha value is -6.80. The van der Waals surface area contributed by atoms with Crippen molar-refractivity contribution in [1.82, 2.24) is 30.2 Å². The minimum Gasteiger partial charge on any atom is -0.508 e. The zero-order chi connectivity index (χ0) is 46.5. The van der Waals surface area contributed by atoms with Crippen molar-refractivity contribution in [3.05, 3.63) is 90.3 Å². The summed E-state index contributed by atoms with van der Waals surface area (Å²) in [6, 6.07) is 16.6. The van der Waals surface area contributed by atoms with Crippen LogP contribution in [0.3, 0.4) is 0 Å². The topological polar surface area (TPSA) is 328 Å². The van der Waals surface area contributed by atoms with Crippen LogP contribution in [-0.4, -0.2) is 133 Å². The Bertz CT molecular complexity index is 2520. The Balaban J connectivity index is 0.000000898. The fourth-order valence-electron chi connectivity index (χ4n) is 7.27. The number of alkyl halides is 3. The van der Waals surface area contributed by atoms with Crippen molar-refractivity contribution in [2.75, 3.05) is 41.8 Å². The zero-order valence-electron chi connectivity index (χ0n) is 33.3. The molecule has 3 aromatic carbocycles. The van der Waals surface area contributed by atoms with Crippen molar-refractivity contribution in [2.24, 2.45) is 5.14 Å². The number of fused-ring (bicyclic) bond motifs is 1. The average Bonchev–Trinajstić information content (AvgIpc) is 3.96. The average molecular weight is 917 g/mol. The first kappa shape index (κ1) is 46.7. The van der Waals surface area contributed by atoms with Gasteiger partial charge in [0.25, 0.3) is 0 Å². The summed E-state index contributed by atoms with van der Waals surface area (Å²) >= 11 is 0. The van der Waals surface area contributed by atoms with E-state index in [0.717, 1.165) is 11.1 Å². The van der Waals surface area contributed by atoms with Gasteiger partial charge in [-0.25, -0.2) is 28.1 Å². The van der Waals surface area contributed by atoms with Crippen molar-refractivity contribution < 1.29 is 66.6 Å². The Kier molecular flexibility index (Phi) is 14.1. The van der Waals surface area contributed by atoms with Gasteiger partial charge < -0.3 is 61.4 Å². The highest BCUT2D eigenvalue weighted by molar-refractivity contribution is 7.89. The van der Waals surface area contributed by atoms with Crippen LogP contribution in [0.2, 0.25) is 0 Å². The molecule has 3 heterocycles. The number of phenols is 2. The number of benzene rings is 3. The molecule has 12 N–H and O–H groups in total. The number of anilines is 3. The molecule has 2 aromatic heterocycles. The Morgan fingerprint density at radius 3 is 2.03 bits per heavy atom. The third kappa shape index (κ3) is 11.2. The lowest BCUT2D eigenvalue weighted by atomic mass is 9.91. The van der Waals surface area contributed by atoms with Crippen molar-refractivity contribution in [2.45, 2.75) is 60.2 Å². The summed E-state index contributed by atoms with van der Waals surface area (Å²) in [6.45, 7) is 0.286. The molecule has 1 saturated carbocycles. The summed E-state index contributed by atoms with van der Waals surface area (Å²) in [5, 5.41) is 75.1. The number of carboxylic acid groups (broad SMARTS) is 1. The molecule has 2 aliphatic rings. The van der Waals surface area contributed by atoms with Gasteiger partial charge in [-0.2, -0.15) is 23.1 Å². The number of aliphatic carboxylic acids is 1. The molecule has 0 bridgehead atoms. The number of hydrogen-bond donors (Lipinski definition) is 11. The van der Waals surface area contributed by atoms with Gasteiger partial charge in [0.05, 0.1) is 23.3 Å². The van der Waals surface area contributed by atoms with E-state index in [4.69, 9.17) is 25.0 Å². The lowest BCUT2D eigenvalue weighted by Gasteiger charge is -2.22. The number of carbonyl (C=O) groups is 3.